The van der Waals surface area contributed by atoms with Crippen molar-refractivity contribution in [1.29, 1.82) is 0 Å². The molecule has 0 amide bonds. The Labute approximate surface area is 118 Å². The van der Waals surface area contributed by atoms with Crippen molar-refractivity contribution in [2.45, 2.75) is 0 Å². The molecule has 20 heavy (non-hydrogen) atoms. The number of nitrogens with zero attached hydrogens (tertiary/aromatic N) is 1. The van der Waals surface area contributed by atoms with Gasteiger partial charge in [-0.25, -0.2) is 4.98 Å². The normalized spacial score (nSPS) is 10.7. The van der Waals surface area contributed by atoms with E-state index in [1.54, 1.807) is 20.4 Å². The Kier molecular flexibility index (Phi) is 5.58. The van der Waals surface area contributed by atoms with E-state index in [-0.39, 0.29) is 0 Å². The monoisotopic (exact) mass is 277 g/mol. The van der Waals surface area contributed by atoms with Gasteiger partial charge in [0.1, 0.15) is 19.0 Å². The molecule has 5 nitrogen and oxygen atoms in total. The summed E-state index contributed by atoms with van der Waals surface area (Å²) >= 11 is 0. The molecule has 5 heteroatoms. The van der Waals surface area contributed by atoms with Gasteiger partial charge in [0.15, 0.2) is 0 Å². The van der Waals surface area contributed by atoms with Gasteiger partial charge in [-0.2, -0.15) is 0 Å². The third kappa shape index (κ3) is 3.59. The van der Waals surface area contributed by atoms with Gasteiger partial charge in [-0.3, -0.25) is 0 Å². The van der Waals surface area contributed by atoms with E-state index in [9.17, 15) is 0 Å². The molecule has 0 saturated carbocycles. The molecule has 2 rings (SSSR count). The number of fused-ring (bicyclic) bond motifs is 1. The van der Waals surface area contributed by atoms with Crippen molar-refractivity contribution in [2.75, 3.05) is 40.6 Å². The molecular formula is C15H19NO4. The van der Waals surface area contributed by atoms with Crippen LogP contribution in [0.4, 0.5) is 0 Å². The van der Waals surface area contributed by atoms with Gasteiger partial charge in [-0.1, -0.05) is 6.07 Å². The van der Waals surface area contributed by atoms with Crippen LogP contribution in [0.15, 0.2) is 30.5 Å². The second-order valence-corrected chi connectivity index (χ2v) is 4.15. The molecule has 1 aromatic heterocycles. The number of ether oxygens (including phenoxy) is 4. The second kappa shape index (κ2) is 7.67. The van der Waals surface area contributed by atoms with E-state index in [0.717, 1.165) is 16.5 Å². The lowest BCUT2D eigenvalue weighted by Gasteiger charge is -2.11. The van der Waals surface area contributed by atoms with Gasteiger partial charge in [-0.15, -0.1) is 0 Å². The largest absolute Gasteiger partial charge is 0.491 e. The minimum Gasteiger partial charge on any atom is -0.491 e. The van der Waals surface area contributed by atoms with Crippen LogP contribution in [0, 0.1) is 0 Å². The number of rotatable bonds is 8. The molecule has 0 radical (unpaired) electrons. The minimum atomic E-state index is 0.470. The van der Waals surface area contributed by atoms with E-state index in [1.165, 1.54) is 0 Å². The van der Waals surface area contributed by atoms with Crippen molar-refractivity contribution in [1.82, 2.24) is 4.98 Å². The summed E-state index contributed by atoms with van der Waals surface area (Å²) in [5.74, 6) is 1.40. The maximum atomic E-state index is 5.71. The van der Waals surface area contributed by atoms with Gasteiger partial charge in [-0.05, 0) is 18.2 Å². The van der Waals surface area contributed by atoms with Crippen LogP contribution in [-0.4, -0.2) is 45.6 Å². The van der Waals surface area contributed by atoms with Crippen LogP contribution in [0.1, 0.15) is 0 Å². The summed E-state index contributed by atoms with van der Waals surface area (Å²) in [7, 11) is 3.29. The first kappa shape index (κ1) is 14.6. The SMILES string of the molecule is COCCOc1cccc2c(OCCOC)nccc12. The van der Waals surface area contributed by atoms with E-state index in [2.05, 4.69) is 4.98 Å². The Bertz CT molecular complexity index is 495. The zero-order valence-electron chi connectivity index (χ0n) is 11.8. The van der Waals surface area contributed by atoms with Crippen LogP contribution < -0.4 is 9.47 Å². The minimum absolute atomic E-state index is 0.470. The molecule has 2 aromatic rings. The first-order valence-electron chi connectivity index (χ1n) is 6.48. The van der Waals surface area contributed by atoms with Crippen LogP contribution in [0.2, 0.25) is 0 Å². The van der Waals surface area contributed by atoms with E-state index >= 15 is 0 Å². The summed E-state index contributed by atoms with van der Waals surface area (Å²) in [6, 6.07) is 7.74. The molecule has 0 spiro atoms. The molecule has 1 aromatic carbocycles. The van der Waals surface area contributed by atoms with Gasteiger partial charge in [0.05, 0.1) is 13.2 Å². The van der Waals surface area contributed by atoms with Gasteiger partial charge in [0.25, 0.3) is 0 Å². The lowest BCUT2D eigenvalue weighted by molar-refractivity contribution is 0.144. The van der Waals surface area contributed by atoms with Gasteiger partial charge in [0.2, 0.25) is 5.88 Å². The average Bonchev–Trinajstić information content (AvgIpc) is 2.48. The Morgan fingerprint density at radius 2 is 1.60 bits per heavy atom. The fourth-order valence-electron chi connectivity index (χ4n) is 1.85. The second-order valence-electron chi connectivity index (χ2n) is 4.15. The number of hydrogen-bond donors (Lipinski definition) is 0. The molecular weight excluding hydrogens is 258 g/mol. The highest BCUT2D eigenvalue weighted by Crippen LogP contribution is 2.30. The average molecular weight is 277 g/mol. The third-order valence-corrected chi connectivity index (χ3v) is 2.80. The molecule has 0 unspecified atom stereocenters. The van der Waals surface area contributed by atoms with Gasteiger partial charge < -0.3 is 18.9 Å². The molecule has 1 heterocycles. The van der Waals surface area contributed by atoms with Crippen LogP contribution in [0.5, 0.6) is 11.6 Å². The highest BCUT2D eigenvalue weighted by Gasteiger charge is 2.08. The van der Waals surface area contributed by atoms with Crippen molar-refractivity contribution in [2.24, 2.45) is 0 Å². The molecule has 0 aliphatic heterocycles. The van der Waals surface area contributed by atoms with Crippen molar-refractivity contribution >= 4 is 10.8 Å². The molecule has 0 bridgehead atoms. The van der Waals surface area contributed by atoms with E-state index in [0.29, 0.717) is 32.3 Å². The topological polar surface area (TPSA) is 49.8 Å². The van der Waals surface area contributed by atoms with Crippen molar-refractivity contribution in [3.05, 3.63) is 30.5 Å². The molecule has 0 fully saturated rings. The predicted octanol–water partition coefficient (Wildman–Crippen LogP) is 2.29. The molecule has 0 aliphatic rings. The summed E-state index contributed by atoms with van der Waals surface area (Å²) in [5.41, 5.74) is 0. The highest BCUT2D eigenvalue weighted by atomic mass is 16.5. The van der Waals surface area contributed by atoms with Crippen LogP contribution in [0.25, 0.3) is 10.8 Å². The number of benzene rings is 1. The zero-order chi connectivity index (χ0) is 14.2. The summed E-state index contributed by atoms with van der Waals surface area (Å²) in [6.45, 7) is 2.07. The maximum absolute atomic E-state index is 5.71. The summed E-state index contributed by atoms with van der Waals surface area (Å²) in [5, 5.41) is 1.91. The van der Waals surface area contributed by atoms with Crippen LogP contribution in [-0.2, 0) is 9.47 Å². The summed E-state index contributed by atoms with van der Waals surface area (Å²) < 4.78 is 21.3. The van der Waals surface area contributed by atoms with E-state index in [4.69, 9.17) is 18.9 Å². The van der Waals surface area contributed by atoms with Crippen molar-refractivity contribution < 1.29 is 18.9 Å². The summed E-state index contributed by atoms with van der Waals surface area (Å²) in [6.07, 6.45) is 1.72. The molecule has 0 atom stereocenters. The van der Waals surface area contributed by atoms with Crippen LogP contribution >= 0.6 is 0 Å². The molecule has 0 aliphatic carbocycles. The third-order valence-electron chi connectivity index (χ3n) is 2.80. The lowest BCUT2D eigenvalue weighted by atomic mass is 10.1. The Morgan fingerprint density at radius 1 is 0.850 bits per heavy atom. The number of pyridine rings is 1. The fourth-order valence-corrected chi connectivity index (χ4v) is 1.85. The standard InChI is InChI=1S/C15H19NO4/c1-17-8-10-19-14-5-3-4-13-12(14)6-7-16-15(13)20-11-9-18-2/h3-7H,8-11H2,1-2H3. The molecule has 0 saturated heterocycles. The molecule has 0 N–H and O–H groups in total. The van der Waals surface area contributed by atoms with E-state index in [1.807, 2.05) is 24.3 Å². The summed E-state index contributed by atoms with van der Waals surface area (Å²) in [4.78, 5) is 4.26. The lowest BCUT2D eigenvalue weighted by Crippen LogP contribution is -2.06. The maximum Gasteiger partial charge on any atom is 0.221 e. The van der Waals surface area contributed by atoms with Gasteiger partial charge >= 0.3 is 0 Å². The first-order valence-corrected chi connectivity index (χ1v) is 6.48. The smallest absolute Gasteiger partial charge is 0.221 e. The number of methoxy groups -OCH3 is 2. The quantitative estimate of drug-likeness (QED) is 0.693. The first-order chi connectivity index (χ1) is 9.86. The van der Waals surface area contributed by atoms with E-state index < -0.39 is 0 Å². The van der Waals surface area contributed by atoms with Crippen molar-refractivity contribution in [3.63, 3.8) is 0 Å². The Morgan fingerprint density at radius 3 is 2.35 bits per heavy atom. The Hall–Kier alpha value is -1.85. The zero-order valence-corrected chi connectivity index (χ0v) is 11.8. The Balaban J connectivity index is 2.21. The number of hydrogen-bond acceptors (Lipinski definition) is 5. The highest BCUT2D eigenvalue weighted by molar-refractivity contribution is 5.91. The fraction of sp³-hybridized carbons (Fsp3) is 0.400. The number of aromatic nitrogens is 1. The van der Waals surface area contributed by atoms with Crippen molar-refractivity contribution in [3.8, 4) is 11.6 Å². The molecule has 108 valence electrons. The van der Waals surface area contributed by atoms with Crippen LogP contribution in [0.3, 0.4) is 0 Å². The van der Waals surface area contributed by atoms with Gasteiger partial charge in [0, 0.05) is 31.2 Å². The predicted molar refractivity (Wildman–Crippen MR) is 76.5 cm³/mol.